The minimum Gasteiger partial charge on any atom is -0.496 e. The van der Waals surface area contributed by atoms with Gasteiger partial charge in [0.1, 0.15) is 5.75 Å². The number of benzene rings is 1. The van der Waals surface area contributed by atoms with Crippen LogP contribution in [-0.4, -0.2) is 38.0 Å². The second-order valence-corrected chi connectivity index (χ2v) is 4.80. The first-order valence-corrected chi connectivity index (χ1v) is 6.51. The molecule has 1 aromatic carbocycles. The van der Waals surface area contributed by atoms with Crippen molar-refractivity contribution in [2.75, 3.05) is 33.1 Å². The van der Waals surface area contributed by atoms with E-state index in [2.05, 4.69) is 37.9 Å². The van der Waals surface area contributed by atoms with E-state index in [0.29, 0.717) is 5.88 Å². The van der Waals surface area contributed by atoms with E-state index in [-0.39, 0.29) is 0 Å². The number of ether oxygens (including phenoxy) is 1. The third-order valence-electron chi connectivity index (χ3n) is 3.30. The van der Waals surface area contributed by atoms with Gasteiger partial charge in [0.15, 0.2) is 0 Å². The lowest BCUT2D eigenvalue weighted by Gasteiger charge is -2.17. The van der Waals surface area contributed by atoms with Crippen LogP contribution in [0.2, 0.25) is 0 Å². The van der Waals surface area contributed by atoms with Crippen LogP contribution in [0, 0.1) is 13.8 Å². The Morgan fingerprint density at radius 1 is 1.18 bits per heavy atom. The zero-order valence-corrected chi connectivity index (χ0v) is 12.0. The summed E-state index contributed by atoms with van der Waals surface area (Å²) in [6.45, 7) is 6.25. The molecule has 0 aliphatic heterocycles. The number of nitrogens with zero attached hydrogens (tertiary/aromatic N) is 1. The smallest absolute Gasteiger partial charge is 0.122 e. The van der Waals surface area contributed by atoms with E-state index in [9.17, 15) is 0 Å². The summed E-state index contributed by atoms with van der Waals surface area (Å²) in [6.07, 6.45) is 1.06. The Kier molecular flexibility index (Phi) is 5.79. The zero-order chi connectivity index (χ0) is 12.8. The highest BCUT2D eigenvalue weighted by atomic mass is 35.5. The topological polar surface area (TPSA) is 12.5 Å². The first-order valence-electron chi connectivity index (χ1n) is 5.97. The monoisotopic (exact) mass is 255 g/mol. The van der Waals surface area contributed by atoms with Gasteiger partial charge in [0.05, 0.1) is 7.11 Å². The molecular formula is C14H22ClNO. The minimum absolute atomic E-state index is 0.692. The van der Waals surface area contributed by atoms with E-state index < -0.39 is 0 Å². The molecule has 1 rings (SSSR count). The molecule has 0 unspecified atom stereocenters. The average Bonchev–Trinajstić information content (AvgIpc) is 2.31. The van der Waals surface area contributed by atoms with Crippen LogP contribution in [0.5, 0.6) is 5.75 Å². The predicted molar refractivity (Wildman–Crippen MR) is 74.4 cm³/mol. The van der Waals surface area contributed by atoms with Gasteiger partial charge in [0, 0.05) is 19.0 Å². The van der Waals surface area contributed by atoms with E-state index in [0.717, 1.165) is 25.3 Å². The summed E-state index contributed by atoms with van der Waals surface area (Å²) < 4.78 is 5.32. The molecule has 0 aliphatic rings. The number of likely N-dealkylation sites (N-methyl/N-ethyl adjacent to an activating group) is 1. The number of alkyl halides is 1. The number of methoxy groups -OCH3 is 1. The van der Waals surface area contributed by atoms with E-state index >= 15 is 0 Å². The second kappa shape index (κ2) is 6.87. The van der Waals surface area contributed by atoms with E-state index in [1.807, 2.05) is 0 Å². The molecule has 2 nitrogen and oxygen atoms in total. The van der Waals surface area contributed by atoms with Gasteiger partial charge >= 0.3 is 0 Å². The molecule has 0 N–H and O–H groups in total. The van der Waals surface area contributed by atoms with Crippen LogP contribution in [0.1, 0.15) is 16.7 Å². The largest absolute Gasteiger partial charge is 0.496 e. The highest BCUT2D eigenvalue weighted by molar-refractivity contribution is 6.18. The van der Waals surface area contributed by atoms with Crippen LogP contribution in [-0.2, 0) is 6.42 Å². The normalized spacial score (nSPS) is 10.9. The van der Waals surface area contributed by atoms with Gasteiger partial charge in [0.2, 0.25) is 0 Å². The summed E-state index contributed by atoms with van der Waals surface area (Å²) in [4.78, 5) is 2.26. The molecule has 0 bridgehead atoms. The minimum atomic E-state index is 0.692. The fourth-order valence-electron chi connectivity index (χ4n) is 1.91. The van der Waals surface area contributed by atoms with Crippen molar-refractivity contribution in [1.29, 1.82) is 0 Å². The van der Waals surface area contributed by atoms with Crippen LogP contribution in [0.3, 0.4) is 0 Å². The molecule has 0 heterocycles. The molecule has 96 valence electrons. The van der Waals surface area contributed by atoms with E-state index in [1.165, 1.54) is 16.7 Å². The standard InChI is InChI=1S/C14H22ClNO/c1-11-12(2)14(17-4)6-5-13(11)7-9-16(3)10-8-15/h5-6H,7-10H2,1-4H3. The summed E-state index contributed by atoms with van der Waals surface area (Å²) in [6, 6.07) is 4.22. The van der Waals surface area contributed by atoms with Gasteiger partial charge in [-0.3, -0.25) is 0 Å². The maximum absolute atomic E-state index is 5.72. The summed E-state index contributed by atoms with van der Waals surface area (Å²) in [7, 11) is 3.82. The molecule has 0 spiro atoms. The van der Waals surface area contributed by atoms with Crippen molar-refractivity contribution in [2.24, 2.45) is 0 Å². The van der Waals surface area contributed by atoms with Crippen molar-refractivity contribution in [3.8, 4) is 5.75 Å². The third kappa shape index (κ3) is 3.90. The molecule has 3 heteroatoms. The summed E-state index contributed by atoms with van der Waals surface area (Å²) in [5.41, 5.74) is 3.97. The molecule has 0 radical (unpaired) electrons. The molecule has 0 saturated heterocycles. The lowest BCUT2D eigenvalue weighted by atomic mass is 10.00. The molecule has 17 heavy (non-hydrogen) atoms. The number of hydrogen-bond acceptors (Lipinski definition) is 2. The first-order chi connectivity index (χ1) is 8.10. The van der Waals surface area contributed by atoms with Crippen LogP contribution >= 0.6 is 11.6 Å². The van der Waals surface area contributed by atoms with Crippen molar-refractivity contribution in [3.63, 3.8) is 0 Å². The molecular weight excluding hydrogens is 234 g/mol. The van der Waals surface area contributed by atoms with Crippen LogP contribution in [0.4, 0.5) is 0 Å². The van der Waals surface area contributed by atoms with Crippen LogP contribution < -0.4 is 4.74 Å². The van der Waals surface area contributed by atoms with Gasteiger partial charge in [0.25, 0.3) is 0 Å². The van der Waals surface area contributed by atoms with Crippen molar-refractivity contribution in [3.05, 3.63) is 28.8 Å². The van der Waals surface area contributed by atoms with Gasteiger partial charge in [-0.1, -0.05) is 6.07 Å². The van der Waals surface area contributed by atoms with Gasteiger partial charge in [-0.15, -0.1) is 11.6 Å². The van der Waals surface area contributed by atoms with Crippen LogP contribution in [0.15, 0.2) is 12.1 Å². The maximum atomic E-state index is 5.72. The lowest BCUT2D eigenvalue weighted by molar-refractivity contribution is 0.359. The Hall–Kier alpha value is -0.730. The fourth-order valence-corrected chi connectivity index (χ4v) is 2.20. The summed E-state index contributed by atoms with van der Waals surface area (Å²) in [5, 5.41) is 0. The summed E-state index contributed by atoms with van der Waals surface area (Å²) >= 11 is 5.72. The number of rotatable bonds is 6. The van der Waals surface area contributed by atoms with Gasteiger partial charge in [-0.05, 0) is 50.1 Å². The van der Waals surface area contributed by atoms with Crippen molar-refractivity contribution < 1.29 is 4.74 Å². The molecule has 0 fully saturated rings. The lowest BCUT2D eigenvalue weighted by Crippen LogP contribution is -2.23. The number of halogens is 1. The van der Waals surface area contributed by atoms with E-state index in [1.54, 1.807) is 7.11 Å². The molecule has 0 atom stereocenters. The fraction of sp³-hybridized carbons (Fsp3) is 0.571. The highest BCUT2D eigenvalue weighted by Crippen LogP contribution is 2.24. The third-order valence-corrected chi connectivity index (χ3v) is 3.47. The maximum Gasteiger partial charge on any atom is 0.122 e. The second-order valence-electron chi connectivity index (χ2n) is 4.42. The quantitative estimate of drug-likeness (QED) is 0.725. The Bertz CT molecular complexity index is 365. The molecule has 0 aliphatic carbocycles. The molecule has 0 amide bonds. The first kappa shape index (κ1) is 14.3. The van der Waals surface area contributed by atoms with Crippen molar-refractivity contribution >= 4 is 11.6 Å². The Morgan fingerprint density at radius 2 is 1.88 bits per heavy atom. The van der Waals surface area contributed by atoms with Gasteiger partial charge < -0.3 is 9.64 Å². The van der Waals surface area contributed by atoms with E-state index in [4.69, 9.17) is 16.3 Å². The Morgan fingerprint density at radius 3 is 2.47 bits per heavy atom. The van der Waals surface area contributed by atoms with Crippen molar-refractivity contribution in [1.82, 2.24) is 4.90 Å². The SMILES string of the molecule is COc1ccc(CCN(C)CCCl)c(C)c1C. The molecule has 0 aromatic heterocycles. The average molecular weight is 256 g/mol. The van der Waals surface area contributed by atoms with Gasteiger partial charge in [-0.25, -0.2) is 0 Å². The van der Waals surface area contributed by atoms with Gasteiger partial charge in [-0.2, -0.15) is 0 Å². The zero-order valence-electron chi connectivity index (χ0n) is 11.2. The molecule has 0 saturated carbocycles. The number of hydrogen-bond donors (Lipinski definition) is 0. The van der Waals surface area contributed by atoms with Crippen LogP contribution in [0.25, 0.3) is 0 Å². The predicted octanol–water partition coefficient (Wildman–Crippen LogP) is 3.03. The molecule has 1 aromatic rings. The van der Waals surface area contributed by atoms with Crippen molar-refractivity contribution in [2.45, 2.75) is 20.3 Å². The summed E-state index contributed by atoms with van der Waals surface area (Å²) in [5.74, 6) is 1.66. The Labute approximate surface area is 110 Å². The highest BCUT2D eigenvalue weighted by Gasteiger charge is 2.07. The Balaban J connectivity index is 2.69.